The number of aryl methyl sites for hydroxylation is 1. The fourth-order valence-corrected chi connectivity index (χ4v) is 4.25. The van der Waals surface area contributed by atoms with Crippen LogP contribution in [-0.4, -0.2) is 20.1 Å². The lowest BCUT2D eigenvalue weighted by Gasteiger charge is -2.30. The summed E-state index contributed by atoms with van der Waals surface area (Å²) in [5.74, 6) is 1.16. The molecule has 1 unspecified atom stereocenters. The van der Waals surface area contributed by atoms with Crippen molar-refractivity contribution in [3.63, 3.8) is 0 Å². The molecule has 6 nitrogen and oxygen atoms in total. The van der Waals surface area contributed by atoms with Gasteiger partial charge in [0.05, 0.1) is 22.8 Å². The number of furan rings is 1. The van der Waals surface area contributed by atoms with Crippen LogP contribution in [0, 0.1) is 16.7 Å². The zero-order chi connectivity index (χ0) is 21.7. The second-order valence-electron chi connectivity index (χ2n) is 8.04. The van der Waals surface area contributed by atoms with Crippen molar-refractivity contribution in [3.05, 3.63) is 53.5 Å². The first-order chi connectivity index (χ1) is 13.6. The van der Waals surface area contributed by atoms with Crippen LogP contribution < -0.4 is 5.32 Å². The van der Waals surface area contributed by atoms with Crippen LogP contribution >= 0.6 is 0 Å². The number of hydrogen-bond acceptors (Lipinski definition) is 5. The first kappa shape index (κ1) is 22.7. The molecule has 0 aliphatic heterocycles. The van der Waals surface area contributed by atoms with Crippen molar-refractivity contribution >= 4 is 15.7 Å². The molecule has 1 amide bonds. The van der Waals surface area contributed by atoms with Crippen molar-refractivity contribution in [3.8, 4) is 6.07 Å². The average molecular weight is 417 g/mol. The fourth-order valence-electron chi connectivity index (χ4n) is 2.94. The van der Waals surface area contributed by atoms with Crippen LogP contribution in [0.1, 0.15) is 68.5 Å². The van der Waals surface area contributed by atoms with Gasteiger partial charge in [-0.15, -0.1) is 0 Å². The number of amides is 1. The number of benzene rings is 1. The van der Waals surface area contributed by atoms with Crippen LogP contribution in [0.25, 0.3) is 0 Å². The van der Waals surface area contributed by atoms with E-state index in [9.17, 15) is 13.2 Å². The largest absolute Gasteiger partial charge is 0.464 e. The van der Waals surface area contributed by atoms with Gasteiger partial charge in [-0.3, -0.25) is 4.79 Å². The second-order valence-corrected chi connectivity index (χ2v) is 10.1. The summed E-state index contributed by atoms with van der Waals surface area (Å²) in [6.07, 6.45) is 1.26. The maximum Gasteiger partial charge on any atom is 0.251 e. The molecule has 0 radical (unpaired) electrons. The third-order valence-electron chi connectivity index (χ3n) is 4.63. The van der Waals surface area contributed by atoms with Crippen LogP contribution in [0.15, 0.2) is 45.7 Å². The number of hydrogen-bond donors (Lipinski definition) is 1. The van der Waals surface area contributed by atoms with Crippen molar-refractivity contribution in [1.82, 2.24) is 5.32 Å². The van der Waals surface area contributed by atoms with E-state index in [2.05, 4.69) is 5.32 Å². The number of nitrogens with zero attached hydrogens (tertiary/aromatic N) is 1. The molecule has 2 rings (SSSR count). The van der Waals surface area contributed by atoms with E-state index in [0.29, 0.717) is 11.3 Å². The summed E-state index contributed by atoms with van der Waals surface area (Å²) in [5.41, 5.74) is 0.0974. The highest BCUT2D eigenvalue weighted by atomic mass is 32.2. The Labute approximate surface area is 172 Å². The van der Waals surface area contributed by atoms with E-state index >= 15 is 0 Å². The van der Waals surface area contributed by atoms with Crippen LogP contribution in [0.2, 0.25) is 0 Å². The molecule has 2 aromatic rings. The number of carbonyl (C=O) groups is 1. The highest BCUT2D eigenvalue weighted by molar-refractivity contribution is 7.91. The number of unbranched alkanes of at least 4 members (excludes halogenated alkanes) is 1. The van der Waals surface area contributed by atoms with Crippen LogP contribution in [0.4, 0.5) is 0 Å². The van der Waals surface area contributed by atoms with Gasteiger partial charge in [0.15, 0.2) is 9.84 Å². The quantitative estimate of drug-likeness (QED) is 0.641. The molecule has 1 atom stereocenters. The highest BCUT2D eigenvalue weighted by Crippen LogP contribution is 2.34. The standard InChI is InChI=1S/C22H28N2O4S/c1-5-17-10-13-19(28-17)20(22(2,3)4)24-21(25)16-8-11-18(12-9-16)29(26,27)15-7-6-14-23/h8-13,20H,5-7,15H2,1-4H3,(H,24,25). The molecule has 0 saturated carbocycles. The van der Waals surface area contributed by atoms with Crippen molar-refractivity contribution < 1.29 is 17.6 Å². The molecule has 1 aromatic carbocycles. The Morgan fingerprint density at radius 1 is 1.17 bits per heavy atom. The van der Waals surface area contributed by atoms with Crippen LogP contribution in [0.5, 0.6) is 0 Å². The van der Waals surface area contributed by atoms with Crippen molar-refractivity contribution in [2.75, 3.05) is 5.75 Å². The first-order valence-electron chi connectivity index (χ1n) is 9.67. The van der Waals surface area contributed by atoms with E-state index in [1.165, 1.54) is 24.3 Å². The van der Waals surface area contributed by atoms with E-state index < -0.39 is 9.84 Å². The number of sulfone groups is 1. The van der Waals surface area contributed by atoms with Crippen molar-refractivity contribution in [2.24, 2.45) is 5.41 Å². The molecule has 0 aliphatic rings. The number of rotatable bonds is 8. The molecule has 0 fully saturated rings. The van der Waals surface area contributed by atoms with Gasteiger partial charge in [-0.2, -0.15) is 5.26 Å². The lowest BCUT2D eigenvalue weighted by Crippen LogP contribution is -2.36. The first-order valence-corrected chi connectivity index (χ1v) is 11.3. The molecular weight excluding hydrogens is 388 g/mol. The predicted octanol–water partition coefficient (Wildman–Crippen LogP) is 4.44. The van der Waals surface area contributed by atoms with Gasteiger partial charge >= 0.3 is 0 Å². The summed E-state index contributed by atoms with van der Waals surface area (Å²) < 4.78 is 30.4. The molecule has 1 aromatic heterocycles. The summed E-state index contributed by atoms with van der Waals surface area (Å²) in [7, 11) is -3.46. The van der Waals surface area contributed by atoms with Crippen molar-refractivity contribution in [1.29, 1.82) is 5.26 Å². The van der Waals surface area contributed by atoms with Crippen LogP contribution in [-0.2, 0) is 16.3 Å². The molecule has 0 saturated heterocycles. The summed E-state index contributed by atoms with van der Waals surface area (Å²) >= 11 is 0. The molecule has 0 bridgehead atoms. The Kier molecular flexibility index (Phi) is 7.26. The molecule has 0 aliphatic carbocycles. The monoisotopic (exact) mass is 416 g/mol. The van der Waals surface area contributed by atoms with Gasteiger partial charge in [-0.05, 0) is 48.2 Å². The predicted molar refractivity (Wildman–Crippen MR) is 111 cm³/mol. The van der Waals surface area contributed by atoms with E-state index in [0.717, 1.165) is 12.2 Å². The van der Waals surface area contributed by atoms with E-state index in [1.54, 1.807) is 0 Å². The Hall–Kier alpha value is -2.59. The Balaban J connectivity index is 2.17. The second kappa shape index (κ2) is 9.27. The zero-order valence-electron chi connectivity index (χ0n) is 17.4. The molecule has 1 heterocycles. The van der Waals surface area contributed by atoms with E-state index in [-0.39, 0.29) is 40.9 Å². The van der Waals surface area contributed by atoms with Gasteiger partial charge < -0.3 is 9.73 Å². The summed E-state index contributed by atoms with van der Waals surface area (Å²) in [5, 5.41) is 11.6. The molecular formula is C22H28N2O4S. The lowest BCUT2D eigenvalue weighted by atomic mass is 9.85. The van der Waals surface area contributed by atoms with Gasteiger partial charge in [-0.1, -0.05) is 27.7 Å². The van der Waals surface area contributed by atoms with Gasteiger partial charge in [0, 0.05) is 18.4 Å². The van der Waals surface area contributed by atoms with Crippen LogP contribution in [0.3, 0.4) is 0 Å². The van der Waals surface area contributed by atoms with Gasteiger partial charge in [-0.25, -0.2) is 8.42 Å². The topological polar surface area (TPSA) is 100 Å². The van der Waals surface area contributed by atoms with E-state index in [4.69, 9.17) is 9.68 Å². The van der Waals surface area contributed by atoms with Gasteiger partial charge in [0.2, 0.25) is 0 Å². The molecule has 29 heavy (non-hydrogen) atoms. The van der Waals surface area contributed by atoms with Gasteiger partial charge in [0.1, 0.15) is 11.5 Å². The highest BCUT2D eigenvalue weighted by Gasteiger charge is 2.31. The number of carbonyl (C=O) groups excluding carboxylic acids is 1. The minimum Gasteiger partial charge on any atom is -0.464 e. The number of nitrogens with one attached hydrogen (secondary N) is 1. The lowest BCUT2D eigenvalue weighted by molar-refractivity contribution is 0.0888. The summed E-state index contributed by atoms with van der Waals surface area (Å²) in [6, 6.07) is 11.3. The third-order valence-corrected chi connectivity index (χ3v) is 6.45. The smallest absolute Gasteiger partial charge is 0.251 e. The summed E-state index contributed by atoms with van der Waals surface area (Å²) in [6.45, 7) is 8.05. The zero-order valence-corrected chi connectivity index (χ0v) is 18.2. The van der Waals surface area contributed by atoms with E-state index in [1.807, 2.05) is 45.9 Å². The maximum atomic E-state index is 12.8. The molecule has 156 valence electrons. The fraction of sp³-hybridized carbons (Fsp3) is 0.455. The SMILES string of the molecule is CCc1ccc(C(NC(=O)c2ccc(S(=O)(=O)CCCC#N)cc2)C(C)(C)C)o1. The minimum atomic E-state index is -3.46. The molecule has 0 spiro atoms. The van der Waals surface area contributed by atoms with Crippen molar-refractivity contribution in [2.45, 2.75) is 57.9 Å². The number of nitriles is 1. The maximum absolute atomic E-state index is 12.8. The Bertz CT molecular complexity index is 977. The minimum absolute atomic E-state index is 0.0868. The Morgan fingerprint density at radius 3 is 2.34 bits per heavy atom. The molecule has 7 heteroatoms. The Morgan fingerprint density at radius 2 is 1.83 bits per heavy atom. The average Bonchev–Trinajstić information content (AvgIpc) is 3.14. The normalized spacial score (nSPS) is 12.9. The van der Waals surface area contributed by atoms with Gasteiger partial charge in [0.25, 0.3) is 5.91 Å². The molecule has 1 N–H and O–H groups in total. The third kappa shape index (κ3) is 5.94. The summed E-state index contributed by atoms with van der Waals surface area (Å²) in [4.78, 5) is 12.9.